The van der Waals surface area contributed by atoms with Crippen molar-refractivity contribution in [3.63, 3.8) is 0 Å². The van der Waals surface area contributed by atoms with Crippen molar-refractivity contribution in [3.05, 3.63) is 47.0 Å². The molecule has 0 unspecified atom stereocenters. The summed E-state index contributed by atoms with van der Waals surface area (Å²) < 4.78 is 21.2. The van der Waals surface area contributed by atoms with E-state index in [2.05, 4.69) is 22.6 Å². The Morgan fingerprint density at radius 3 is 2.34 bits per heavy atom. The van der Waals surface area contributed by atoms with Gasteiger partial charge in [-0.25, -0.2) is 4.79 Å². The molecular formula is C26H26N2O7. The summed E-state index contributed by atoms with van der Waals surface area (Å²) in [6, 6.07) is 10.7. The Morgan fingerprint density at radius 1 is 0.971 bits per heavy atom. The lowest BCUT2D eigenvalue weighted by Crippen LogP contribution is -2.18. The summed E-state index contributed by atoms with van der Waals surface area (Å²) in [4.78, 5) is 36.2. The number of ether oxygens (including phenoxy) is 4. The molecule has 0 radical (unpaired) electrons. The SMILES string of the molecule is C#CC(=O)Nc1cc(OC)c(OCCCc2ccc(OC)c(C(=O)NC#CC)c2)cc1C(=O)OC. The summed E-state index contributed by atoms with van der Waals surface area (Å²) in [7, 11) is 4.14. The third kappa shape index (κ3) is 7.18. The summed E-state index contributed by atoms with van der Waals surface area (Å²) in [5, 5.41) is 4.94. The highest BCUT2D eigenvalue weighted by atomic mass is 16.5. The number of rotatable bonds is 10. The minimum absolute atomic E-state index is 0.0629. The van der Waals surface area contributed by atoms with Crippen molar-refractivity contribution in [1.29, 1.82) is 0 Å². The number of methoxy groups -OCH3 is 3. The average Bonchev–Trinajstić information content (AvgIpc) is 2.89. The van der Waals surface area contributed by atoms with Gasteiger partial charge in [-0.15, -0.1) is 6.42 Å². The van der Waals surface area contributed by atoms with E-state index in [0.29, 0.717) is 35.7 Å². The minimum atomic E-state index is -0.722. The van der Waals surface area contributed by atoms with E-state index in [1.165, 1.54) is 33.5 Å². The van der Waals surface area contributed by atoms with Gasteiger partial charge in [0, 0.05) is 18.2 Å². The van der Waals surface area contributed by atoms with Gasteiger partial charge in [-0.1, -0.05) is 12.0 Å². The van der Waals surface area contributed by atoms with Gasteiger partial charge in [0.2, 0.25) is 0 Å². The molecule has 2 aromatic carbocycles. The van der Waals surface area contributed by atoms with Crippen LogP contribution < -0.4 is 24.8 Å². The lowest BCUT2D eigenvalue weighted by molar-refractivity contribution is -0.111. The molecule has 9 nitrogen and oxygen atoms in total. The van der Waals surface area contributed by atoms with Gasteiger partial charge in [0.25, 0.3) is 11.8 Å². The number of amides is 2. The van der Waals surface area contributed by atoms with E-state index in [9.17, 15) is 14.4 Å². The van der Waals surface area contributed by atoms with Crippen LogP contribution in [0, 0.1) is 24.3 Å². The lowest BCUT2D eigenvalue weighted by Gasteiger charge is -2.15. The Balaban J connectivity index is 2.15. The molecule has 2 N–H and O–H groups in total. The largest absolute Gasteiger partial charge is 0.496 e. The number of terminal acetylenes is 1. The second-order valence-corrected chi connectivity index (χ2v) is 6.95. The Kier molecular flexibility index (Phi) is 10.0. The summed E-state index contributed by atoms with van der Waals surface area (Å²) in [6.07, 6.45) is 6.30. The fraction of sp³-hybridized carbons (Fsp3) is 0.269. The molecule has 0 aliphatic rings. The number of carbonyl (C=O) groups excluding carboxylic acids is 3. The molecule has 0 spiro atoms. The third-order valence-electron chi connectivity index (χ3n) is 4.77. The monoisotopic (exact) mass is 478 g/mol. The van der Waals surface area contributed by atoms with Gasteiger partial charge in [-0.3, -0.25) is 14.9 Å². The number of esters is 1. The zero-order valence-electron chi connectivity index (χ0n) is 19.9. The van der Waals surface area contributed by atoms with Crippen LogP contribution in [-0.2, 0) is 16.0 Å². The van der Waals surface area contributed by atoms with Crippen LogP contribution in [0.15, 0.2) is 30.3 Å². The summed E-state index contributed by atoms with van der Waals surface area (Å²) >= 11 is 0. The van der Waals surface area contributed by atoms with Crippen molar-refractivity contribution in [3.8, 4) is 41.6 Å². The molecule has 2 rings (SSSR count). The number of nitrogens with one attached hydrogen (secondary N) is 2. The van der Waals surface area contributed by atoms with Crippen LogP contribution in [0.4, 0.5) is 5.69 Å². The van der Waals surface area contributed by atoms with E-state index >= 15 is 0 Å². The molecule has 0 aliphatic carbocycles. The standard InChI is InChI=1S/C26H26N2O7/c1-6-12-27-25(30)19-14-17(10-11-21(19)32-3)9-8-13-35-23-15-18(26(31)34-5)20(16-22(23)33-4)28-24(29)7-2/h2,10-11,14-16H,8-9,13H2,1,3-5H3,(H,27,30)(H,28,29). The van der Waals surface area contributed by atoms with Crippen molar-refractivity contribution in [2.24, 2.45) is 0 Å². The second-order valence-electron chi connectivity index (χ2n) is 6.95. The molecule has 2 amide bonds. The number of carbonyl (C=O) groups is 3. The van der Waals surface area contributed by atoms with Gasteiger partial charge in [0.15, 0.2) is 11.5 Å². The molecule has 0 saturated heterocycles. The minimum Gasteiger partial charge on any atom is -0.496 e. The first-order valence-corrected chi connectivity index (χ1v) is 10.5. The highest BCUT2D eigenvalue weighted by molar-refractivity contribution is 6.08. The molecule has 182 valence electrons. The zero-order chi connectivity index (χ0) is 25.8. The van der Waals surface area contributed by atoms with E-state index in [-0.39, 0.29) is 23.8 Å². The van der Waals surface area contributed by atoms with Crippen LogP contribution in [0.25, 0.3) is 0 Å². The number of anilines is 1. The van der Waals surface area contributed by atoms with Crippen LogP contribution in [-0.4, -0.2) is 45.7 Å². The van der Waals surface area contributed by atoms with Gasteiger partial charge >= 0.3 is 5.97 Å². The van der Waals surface area contributed by atoms with Crippen molar-refractivity contribution < 1.29 is 33.3 Å². The van der Waals surface area contributed by atoms with Crippen molar-refractivity contribution >= 4 is 23.5 Å². The molecule has 0 bridgehead atoms. The average molecular weight is 479 g/mol. The molecule has 2 aromatic rings. The summed E-state index contributed by atoms with van der Waals surface area (Å²) in [5.41, 5.74) is 1.48. The Bertz CT molecular complexity index is 1200. The van der Waals surface area contributed by atoms with Crippen molar-refractivity contribution in [2.75, 3.05) is 33.3 Å². The molecule has 0 aliphatic heterocycles. The van der Waals surface area contributed by atoms with E-state index in [1.807, 2.05) is 12.0 Å². The predicted molar refractivity (Wildman–Crippen MR) is 130 cm³/mol. The highest BCUT2D eigenvalue weighted by Gasteiger charge is 2.19. The zero-order valence-corrected chi connectivity index (χ0v) is 19.9. The molecule has 0 atom stereocenters. The summed E-state index contributed by atoms with van der Waals surface area (Å²) in [6.45, 7) is 1.90. The number of hydrogen-bond acceptors (Lipinski definition) is 7. The third-order valence-corrected chi connectivity index (χ3v) is 4.77. The molecular weight excluding hydrogens is 452 g/mol. The Morgan fingerprint density at radius 2 is 1.71 bits per heavy atom. The van der Waals surface area contributed by atoms with Crippen molar-refractivity contribution in [1.82, 2.24) is 5.32 Å². The number of aryl methyl sites for hydroxylation is 1. The first-order chi connectivity index (χ1) is 16.9. The van der Waals surface area contributed by atoms with Gasteiger partial charge in [-0.05, 0) is 43.4 Å². The highest BCUT2D eigenvalue weighted by Crippen LogP contribution is 2.34. The topological polar surface area (TPSA) is 112 Å². The van der Waals surface area contributed by atoms with Gasteiger partial charge < -0.3 is 24.3 Å². The molecule has 35 heavy (non-hydrogen) atoms. The fourth-order valence-corrected chi connectivity index (χ4v) is 3.11. The molecule has 0 saturated carbocycles. The lowest BCUT2D eigenvalue weighted by atomic mass is 10.0. The maximum atomic E-state index is 12.3. The quantitative estimate of drug-likeness (QED) is 0.234. The molecule has 0 heterocycles. The van der Waals surface area contributed by atoms with E-state index in [4.69, 9.17) is 25.4 Å². The number of benzene rings is 2. The molecule has 0 fully saturated rings. The summed E-state index contributed by atoms with van der Waals surface area (Å²) in [5.74, 6) is 3.80. The predicted octanol–water partition coefficient (Wildman–Crippen LogP) is 2.78. The Hall–Kier alpha value is -4.63. The normalized spacial score (nSPS) is 9.57. The smallest absolute Gasteiger partial charge is 0.340 e. The maximum Gasteiger partial charge on any atom is 0.340 e. The van der Waals surface area contributed by atoms with E-state index in [0.717, 1.165) is 5.56 Å². The van der Waals surface area contributed by atoms with Crippen LogP contribution in [0.5, 0.6) is 17.2 Å². The first kappa shape index (κ1) is 26.6. The maximum absolute atomic E-state index is 12.3. The molecule has 9 heteroatoms. The van der Waals surface area contributed by atoms with Crippen LogP contribution in [0.3, 0.4) is 0 Å². The van der Waals surface area contributed by atoms with E-state index in [1.54, 1.807) is 19.1 Å². The first-order valence-electron chi connectivity index (χ1n) is 10.5. The van der Waals surface area contributed by atoms with Gasteiger partial charge in [0.1, 0.15) is 5.75 Å². The second kappa shape index (κ2) is 13.2. The Labute approximate surface area is 204 Å². The van der Waals surface area contributed by atoms with E-state index < -0.39 is 11.9 Å². The van der Waals surface area contributed by atoms with Crippen LogP contribution >= 0.6 is 0 Å². The van der Waals surface area contributed by atoms with Gasteiger partial charge in [0.05, 0.1) is 44.8 Å². The van der Waals surface area contributed by atoms with Crippen LogP contribution in [0.2, 0.25) is 0 Å². The van der Waals surface area contributed by atoms with Gasteiger partial charge in [-0.2, -0.15) is 0 Å². The fourth-order valence-electron chi connectivity index (χ4n) is 3.11. The van der Waals surface area contributed by atoms with Crippen LogP contribution in [0.1, 0.15) is 39.6 Å². The van der Waals surface area contributed by atoms with Crippen molar-refractivity contribution in [2.45, 2.75) is 19.8 Å². The molecule has 0 aromatic heterocycles. The number of hydrogen-bond donors (Lipinski definition) is 2.